The van der Waals surface area contributed by atoms with Crippen LogP contribution in [0.15, 0.2) is 29.3 Å². The molecule has 1 atom stereocenters. The molecule has 0 aliphatic carbocycles. The lowest BCUT2D eigenvalue weighted by atomic mass is 9.88. The van der Waals surface area contributed by atoms with Crippen molar-refractivity contribution in [1.29, 1.82) is 0 Å². The van der Waals surface area contributed by atoms with Crippen molar-refractivity contribution < 1.29 is 14.4 Å². The summed E-state index contributed by atoms with van der Waals surface area (Å²) in [7, 11) is 0. The number of nitrogen functional groups attached to an aromatic ring is 2. The average molecular weight is 617 g/mol. The largest absolute Gasteiger partial charge is 0.382 e. The number of likely N-dealkylation sites (tertiary alicyclic amines) is 1. The Hall–Kier alpha value is -3.49. The number of aromatic nitrogens is 2. The van der Waals surface area contributed by atoms with Gasteiger partial charge >= 0.3 is 0 Å². The zero-order chi connectivity index (χ0) is 26.2. The van der Waals surface area contributed by atoms with Gasteiger partial charge in [-0.25, -0.2) is 9.97 Å². The van der Waals surface area contributed by atoms with E-state index in [2.05, 4.69) is 30.9 Å². The topological polar surface area (TPSA) is 181 Å². The number of nitrogens with two attached hydrogens (primary N) is 2. The molecule has 4 heterocycles. The number of benzene rings is 1. The molecule has 12 nitrogen and oxygen atoms in total. The number of aliphatic imine (C=N–C) groups is 1. The molecule has 1 saturated heterocycles. The number of guanidine groups is 1. The van der Waals surface area contributed by atoms with Crippen LogP contribution in [-0.4, -0.2) is 63.7 Å². The van der Waals surface area contributed by atoms with Crippen LogP contribution in [0.2, 0.25) is 0 Å². The molecule has 0 bridgehead atoms. The van der Waals surface area contributed by atoms with Gasteiger partial charge in [-0.05, 0) is 59.9 Å². The van der Waals surface area contributed by atoms with E-state index in [0.29, 0.717) is 61.4 Å². The number of carbonyl (C=O) groups is 3. The highest BCUT2D eigenvalue weighted by atomic mass is 127. The second kappa shape index (κ2) is 10.1. The summed E-state index contributed by atoms with van der Waals surface area (Å²) in [5.41, 5.74) is 13.1. The van der Waals surface area contributed by atoms with Gasteiger partial charge in [-0.15, -0.1) is 0 Å². The first-order valence-electron chi connectivity index (χ1n) is 12.1. The summed E-state index contributed by atoms with van der Waals surface area (Å²) in [6.45, 7) is 1.70. The molecule has 194 valence electrons. The predicted octanol–water partition coefficient (Wildman–Crippen LogP) is 1.20. The van der Waals surface area contributed by atoms with E-state index in [1.54, 1.807) is 0 Å². The number of halogens is 1. The smallest absolute Gasteiger partial charge is 0.280 e. The van der Waals surface area contributed by atoms with E-state index < -0.39 is 5.91 Å². The minimum absolute atomic E-state index is 0.00428. The summed E-state index contributed by atoms with van der Waals surface area (Å²) in [6, 6.07) is 7.71. The van der Waals surface area contributed by atoms with Gasteiger partial charge in [0.05, 0.1) is 18.0 Å². The van der Waals surface area contributed by atoms with Crippen molar-refractivity contribution in [3.8, 4) is 0 Å². The SMILES string of the molecule is Nc1nc(N)c(C(=O)NC2=NCC3(CCN(C(=O)CCCC4C(=O)Nc5ccccc54)CC3)N2)nc1I. The Morgan fingerprint density at radius 3 is 2.70 bits per heavy atom. The minimum Gasteiger partial charge on any atom is -0.382 e. The molecule has 0 saturated carbocycles. The van der Waals surface area contributed by atoms with E-state index in [-0.39, 0.29) is 40.6 Å². The van der Waals surface area contributed by atoms with Crippen molar-refractivity contribution in [3.63, 3.8) is 0 Å². The number of hydrogen-bond acceptors (Lipinski definition) is 9. The fourth-order valence-corrected chi connectivity index (χ4v) is 5.41. The van der Waals surface area contributed by atoms with Gasteiger partial charge in [-0.1, -0.05) is 18.2 Å². The van der Waals surface area contributed by atoms with E-state index >= 15 is 0 Å². The number of para-hydroxylation sites is 1. The Morgan fingerprint density at radius 2 is 1.92 bits per heavy atom. The zero-order valence-corrected chi connectivity index (χ0v) is 22.2. The predicted molar refractivity (Wildman–Crippen MR) is 147 cm³/mol. The molecule has 1 unspecified atom stereocenters. The van der Waals surface area contributed by atoms with Crippen LogP contribution in [0.4, 0.5) is 17.3 Å². The van der Waals surface area contributed by atoms with Gasteiger partial charge in [0.1, 0.15) is 3.70 Å². The van der Waals surface area contributed by atoms with Crippen LogP contribution in [-0.2, 0) is 9.59 Å². The summed E-state index contributed by atoms with van der Waals surface area (Å²) < 4.78 is 0.392. The number of hydrogen-bond donors (Lipinski definition) is 5. The maximum absolute atomic E-state index is 12.8. The Bertz CT molecular complexity index is 1290. The van der Waals surface area contributed by atoms with Gasteiger partial charge in [-0.2, -0.15) is 0 Å². The molecule has 37 heavy (non-hydrogen) atoms. The normalized spacial score (nSPS) is 19.7. The molecule has 2 aromatic rings. The van der Waals surface area contributed by atoms with E-state index in [9.17, 15) is 14.4 Å². The molecule has 0 radical (unpaired) electrons. The number of nitrogens with one attached hydrogen (secondary N) is 3. The Balaban J connectivity index is 1.08. The van der Waals surface area contributed by atoms with E-state index in [0.717, 1.165) is 11.3 Å². The number of piperidine rings is 1. The maximum atomic E-state index is 12.8. The lowest BCUT2D eigenvalue weighted by Crippen LogP contribution is -2.56. The molecule has 1 spiro atoms. The summed E-state index contributed by atoms with van der Waals surface area (Å²) in [5, 5.41) is 8.95. The van der Waals surface area contributed by atoms with Crippen molar-refractivity contribution in [2.24, 2.45) is 4.99 Å². The summed E-state index contributed by atoms with van der Waals surface area (Å²) >= 11 is 1.89. The molecule has 3 aliphatic heterocycles. The van der Waals surface area contributed by atoms with Crippen LogP contribution >= 0.6 is 22.6 Å². The molecule has 7 N–H and O–H groups in total. The van der Waals surface area contributed by atoms with Gasteiger partial charge in [0.2, 0.25) is 11.8 Å². The zero-order valence-electron chi connectivity index (χ0n) is 20.1. The highest BCUT2D eigenvalue weighted by Gasteiger charge is 2.40. The summed E-state index contributed by atoms with van der Waals surface area (Å²) in [4.78, 5) is 52.2. The molecule has 1 aromatic carbocycles. The quantitative estimate of drug-likeness (QED) is 0.311. The third-order valence-corrected chi connectivity index (χ3v) is 7.94. The molecule has 3 aliphatic rings. The molecule has 1 fully saturated rings. The maximum Gasteiger partial charge on any atom is 0.280 e. The second-order valence-corrected chi connectivity index (χ2v) is 10.6. The monoisotopic (exact) mass is 617 g/mol. The third kappa shape index (κ3) is 5.17. The molecule has 1 aromatic heterocycles. The first-order valence-corrected chi connectivity index (χ1v) is 13.2. The molecular formula is C24H28IN9O3. The number of carbonyl (C=O) groups excluding carboxylic acids is 3. The van der Waals surface area contributed by atoms with E-state index in [4.69, 9.17) is 11.5 Å². The highest BCUT2D eigenvalue weighted by molar-refractivity contribution is 14.1. The van der Waals surface area contributed by atoms with Crippen LogP contribution in [0.3, 0.4) is 0 Å². The molecule has 3 amide bonds. The Morgan fingerprint density at radius 1 is 1.16 bits per heavy atom. The first-order chi connectivity index (χ1) is 17.7. The van der Waals surface area contributed by atoms with Crippen LogP contribution in [0, 0.1) is 3.70 Å². The van der Waals surface area contributed by atoms with Gasteiger partial charge in [0.25, 0.3) is 5.91 Å². The third-order valence-electron chi connectivity index (χ3n) is 7.14. The van der Waals surface area contributed by atoms with Crippen LogP contribution in [0.1, 0.15) is 54.1 Å². The van der Waals surface area contributed by atoms with Gasteiger partial charge in [-0.3, -0.25) is 24.7 Å². The van der Waals surface area contributed by atoms with Gasteiger partial charge in [0, 0.05) is 25.2 Å². The highest BCUT2D eigenvalue weighted by Crippen LogP contribution is 2.35. The average Bonchev–Trinajstić information content (AvgIpc) is 3.41. The number of rotatable bonds is 5. The number of anilines is 3. The van der Waals surface area contributed by atoms with E-state index in [1.807, 2.05) is 51.8 Å². The number of fused-ring (bicyclic) bond motifs is 1. The standard InChI is InChI=1S/C24H28IN9O3/c25-18-20(27)31-19(26)17(30-18)22(37)32-23-28-12-24(33-23)8-10-34(11-9-24)16(35)7-3-5-14-13-4-1-2-6-15(13)29-21(14)36/h1-2,4,6,14H,3,5,7-12H2,(H,29,36)(H4,26,27,31)(H2,28,32,33,37). The minimum atomic E-state index is -0.516. The Kier molecular flexibility index (Phi) is 6.88. The summed E-state index contributed by atoms with van der Waals surface area (Å²) in [5.74, 6) is -0.134. The molecule has 5 rings (SSSR count). The van der Waals surface area contributed by atoms with Crippen LogP contribution < -0.4 is 27.4 Å². The molecular weight excluding hydrogens is 589 g/mol. The van der Waals surface area contributed by atoms with Crippen LogP contribution in [0.25, 0.3) is 0 Å². The lowest BCUT2D eigenvalue weighted by molar-refractivity contribution is -0.133. The fraction of sp³-hybridized carbons (Fsp3) is 0.417. The van der Waals surface area contributed by atoms with E-state index in [1.165, 1.54) is 0 Å². The van der Waals surface area contributed by atoms with Gasteiger partial charge in [0.15, 0.2) is 23.3 Å². The van der Waals surface area contributed by atoms with Crippen molar-refractivity contribution in [2.45, 2.75) is 43.6 Å². The second-order valence-electron chi connectivity index (χ2n) is 9.56. The van der Waals surface area contributed by atoms with Crippen molar-refractivity contribution in [2.75, 3.05) is 36.4 Å². The Labute approximate surface area is 227 Å². The van der Waals surface area contributed by atoms with Crippen LogP contribution in [0.5, 0.6) is 0 Å². The fourth-order valence-electron chi connectivity index (χ4n) is 5.05. The summed E-state index contributed by atoms with van der Waals surface area (Å²) in [6.07, 6.45) is 3.13. The number of amides is 3. The molecule has 13 heteroatoms. The first kappa shape index (κ1) is 25.2. The van der Waals surface area contributed by atoms with Crippen molar-refractivity contribution in [1.82, 2.24) is 25.5 Å². The van der Waals surface area contributed by atoms with Gasteiger partial charge < -0.3 is 27.0 Å². The van der Waals surface area contributed by atoms with Crippen molar-refractivity contribution >= 4 is 63.6 Å². The number of nitrogens with zero attached hydrogens (tertiary/aromatic N) is 4. The lowest BCUT2D eigenvalue weighted by Gasteiger charge is -2.39. The van der Waals surface area contributed by atoms with Crippen molar-refractivity contribution in [3.05, 3.63) is 39.2 Å².